The van der Waals surface area contributed by atoms with Crippen LogP contribution in [0.1, 0.15) is 17.3 Å². The maximum Gasteiger partial charge on any atom is 0.339 e. The number of benzene rings is 1. The molecule has 3 rings (SSSR count). The van der Waals surface area contributed by atoms with E-state index in [1.807, 2.05) is 0 Å². The van der Waals surface area contributed by atoms with Crippen molar-refractivity contribution in [2.45, 2.75) is 6.92 Å². The van der Waals surface area contributed by atoms with Crippen molar-refractivity contribution in [2.24, 2.45) is 0 Å². The lowest BCUT2D eigenvalue weighted by molar-refractivity contribution is 0.0526. The van der Waals surface area contributed by atoms with Crippen molar-refractivity contribution in [1.29, 1.82) is 0 Å². The van der Waals surface area contributed by atoms with E-state index in [9.17, 15) is 14.0 Å². The molecule has 0 amide bonds. The number of nitrogens with zero attached hydrogens (tertiary/aromatic N) is 1. The fourth-order valence-electron chi connectivity index (χ4n) is 2.52. The lowest BCUT2D eigenvalue weighted by Gasteiger charge is -2.09. The maximum absolute atomic E-state index is 14.6. The van der Waals surface area contributed by atoms with Crippen molar-refractivity contribution >= 4 is 23.1 Å². The Balaban J connectivity index is 2.16. The molecule has 0 atom stereocenters. The van der Waals surface area contributed by atoms with Crippen molar-refractivity contribution in [2.75, 3.05) is 13.7 Å². The summed E-state index contributed by atoms with van der Waals surface area (Å²) in [4.78, 5) is 26.7. The molecule has 0 spiro atoms. The van der Waals surface area contributed by atoms with Gasteiger partial charge in [0.25, 0.3) is 5.56 Å². The van der Waals surface area contributed by atoms with E-state index in [1.165, 1.54) is 42.1 Å². The van der Waals surface area contributed by atoms with Crippen molar-refractivity contribution in [3.8, 4) is 17.0 Å². The number of halogens is 2. The number of hydrogen-bond acceptors (Lipinski definition) is 4. The van der Waals surface area contributed by atoms with Gasteiger partial charge in [0, 0.05) is 18.0 Å². The van der Waals surface area contributed by atoms with Gasteiger partial charge >= 0.3 is 5.97 Å². The first kappa shape index (κ1) is 17.0. The standard InChI is InChI=1S/C17H14ClFN2O4/c1-3-25-17(23)9-6-13-16(22)20-12(8-21(13)7-9)10-4-5-11(18)15(24-2)14(10)19/h4-8H,3H2,1-2H3,(H,20,22). The molecule has 0 aliphatic heterocycles. The summed E-state index contributed by atoms with van der Waals surface area (Å²) in [6, 6.07) is 4.33. The monoisotopic (exact) mass is 364 g/mol. The van der Waals surface area contributed by atoms with Gasteiger partial charge in [0.05, 0.1) is 30.0 Å². The average Bonchev–Trinajstić information content (AvgIpc) is 3.00. The summed E-state index contributed by atoms with van der Waals surface area (Å²) in [7, 11) is 1.30. The first-order valence-electron chi connectivity index (χ1n) is 7.40. The first-order valence-corrected chi connectivity index (χ1v) is 7.78. The largest absolute Gasteiger partial charge is 0.492 e. The third-order valence-electron chi connectivity index (χ3n) is 3.65. The van der Waals surface area contributed by atoms with Gasteiger partial charge in [-0.1, -0.05) is 11.6 Å². The quantitative estimate of drug-likeness (QED) is 0.721. The van der Waals surface area contributed by atoms with Crippen LogP contribution >= 0.6 is 11.6 Å². The molecule has 8 heteroatoms. The van der Waals surface area contributed by atoms with Gasteiger partial charge in [-0.2, -0.15) is 0 Å². The molecule has 130 valence electrons. The zero-order valence-corrected chi connectivity index (χ0v) is 14.2. The Morgan fingerprint density at radius 2 is 2.12 bits per heavy atom. The van der Waals surface area contributed by atoms with E-state index < -0.39 is 17.3 Å². The molecule has 0 saturated carbocycles. The van der Waals surface area contributed by atoms with Gasteiger partial charge in [0.1, 0.15) is 5.52 Å². The van der Waals surface area contributed by atoms with Crippen LogP contribution in [0, 0.1) is 5.82 Å². The highest BCUT2D eigenvalue weighted by Gasteiger charge is 2.17. The minimum Gasteiger partial charge on any atom is -0.492 e. The number of nitrogens with one attached hydrogen (secondary N) is 1. The minimum atomic E-state index is -0.692. The van der Waals surface area contributed by atoms with Crippen LogP contribution in [0.3, 0.4) is 0 Å². The van der Waals surface area contributed by atoms with Crippen LogP contribution in [0.5, 0.6) is 5.75 Å². The third-order valence-corrected chi connectivity index (χ3v) is 3.95. The Hall–Kier alpha value is -2.80. The molecule has 6 nitrogen and oxygen atoms in total. The Morgan fingerprint density at radius 3 is 2.80 bits per heavy atom. The van der Waals surface area contributed by atoms with Crippen molar-refractivity contribution < 1.29 is 18.7 Å². The van der Waals surface area contributed by atoms with Gasteiger partial charge in [0.15, 0.2) is 11.6 Å². The van der Waals surface area contributed by atoms with E-state index in [-0.39, 0.29) is 39.7 Å². The number of ether oxygens (including phenoxy) is 2. The van der Waals surface area contributed by atoms with Crippen LogP contribution in [0.15, 0.2) is 35.4 Å². The first-order chi connectivity index (χ1) is 12.0. The highest BCUT2D eigenvalue weighted by atomic mass is 35.5. The van der Waals surface area contributed by atoms with Gasteiger partial charge in [-0.3, -0.25) is 4.79 Å². The molecule has 3 aromatic rings. The van der Waals surface area contributed by atoms with Gasteiger partial charge in [-0.05, 0) is 25.1 Å². The van der Waals surface area contributed by atoms with Crippen LogP contribution in [0.4, 0.5) is 4.39 Å². The summed E-state index contributed by atoms with van der Waals surface area (Å²) < 4.78 is 25.9. The molecular weight excluding hydrogens is 351 g/mol. The molecule has 1 aromatic carbocycles. The van der Waals surface area contributed by atoms with Crippen LogP contribution < -0.4 is 10.3 Å². The summed E-state index contributed by atoms with van der Waals surface area (Å²) >= 11 is 5.89. The van der Waals surface area contributed by atoms with Crippen LogP contribution in [0.2, 0.25) is 5.02 Å². The second kappa shape index (κ2) is 6.60. The van der Waals surface area contributed by atoms with E-state index >= 15 is 0 Å². The molecule has 0 saturated heterocycles. The smallest absolute Gasteiger partial charge is 0.339 e. The number of aromatic amines is 1. The van der Waals surface area contributed by atoms with Gasteiger partial charge in [-0.25, -0.2) is 9.18 Å². The minimum absolute atomic E-state index is 0.111. The van der Waals surface area contributed by atoms with Crippen LogP contribution in [-0.2, 0) is 4.74 Å². The Labute approximate surface area is 146 Å². The van der Waals surface area contributed by atoms with Gasteiger partial charge in [0.2, 0.25) is 0 Å². The zero-order chi connectivity index (χ0) is 18.1. The topological polar surface area (TPSA) is 72.8 Å². The average molecular weight is 365 g/mol. The zero-order valence-electron chi connectivity index (χ0n) is 13.4. The molecule has 0 bridgehead atoms. The molecular formula is C17H14ClFN2O4. The molecule has 0 unspecified atom stereocenters. The number of carbonyl (C=O) groups excluding carboxylic acids is 1. The molecule has 0 fully saturated rings. The third kappa shape index (κ3) is 2.98. The summed E-state index contributed by atoms with van der Waals surface area (Å²) in [5.74, 6) is -1.34. The molecule has 1 N–H and O–H groups in total. The summed E-state index contributed by atoms with van der Waals surface area (Å²) in [6.07, 6.45) is 2.96. The highest BCUT2D eigenvalue weighted by molar-refractivity contribution is 6.32. The van der Waals surface area contributed by atoms with E-state index in [1.54, 1.807) is 6.92 Å². The lowest BCUT2D eigenvalue weighted by Crippen LogP contribution is -2.10. The van der Waals surface area contributed by atoms with Crippen molar-refractivity contribution in [1.82, 2.24) is 9.38 Å². The number of carbonyl (C=O) groups is 1. The number of esters is 1. The van der Waals surface area contributed by atoms with Gasteiger partial charge < -0.3 is 18.9 Å². The Bertz CT molecular complexity index is 1030. The molecule has 0 aliphatic rings. The van der Waals surface area contributed by atoms with Crippen LogP contribution in [-0.4, -0.2) is 29.1 Å². The molecule has 0 aliphatic carbocycles. The Kier molecular flexibility index (Phi) is 4.50. The summed E-state index contributed by atoms with van der Waals surface area (Å²) in [5.41, 5.74) is 0.343. The Morgan fingerprint density at radius 1 is 1.36 bits per heavy atom. The van der Waals surface area contributed by atoms with E-state index in [0.29, 0.717) is 0 Å². The summed E-state index contributed by atoms with van der Waals surface area (Å²) in [6.45, 7) is 1.91. The number of H-pyrrole nitrogens is 1. The predicted octanol–water partition coefficient (Wildman–Crippen LogP) is 3.27. The van der Waals surface area contributed by atoms with E-state index in [2.05, 4.69) is 4.98 Å². The number of methoxy groups -OCH3 is 1. The molecule has 25 heavy (non-hydrogen) atoms. The number of aromatic nitrogens is 2. The van der Waals surface area contributed by atoms with Gasteiger partial charge in [-0.15, -0.1) is 0 Å². The summed E-state index contributed by atoms with van der Waals surface area (Å²) in [5, 5.41) is 0.123. The second-order valence-electron chi connectivity index (χ2n) is 5.18. The normalized spacial score (nSPS) is 10.9. The fraction of sp³-hybridized carbons (Fsp3) is 0.176. The number of fused-ring (bicyclic) bond motifs is 1. The maximum atomic E-state index is 14.6. The second-order valence-corrected chi connectivity index (χ2v) is 5.59. The molecule has 0 radical (unpaired) electrons. The SMILES string of the molecule is CCOC(=O)c1cc2c(=O)[nH]c(-c3ccc(Cl)c(OC)c3F)cn2c1. The van der Waals surface area contributed by atoms with Crippen molar-refractivity contribution in [3.63, 3.8) is 0 Å². The van der Waals surface area contributed by atoms with E-state index in [0.717, 1.165) is 0 Å². The van der Waals surface area contributed by atoms with Crippen LogP contribution in [0.25, 0.3) is 16.8 Å². The van der Waals surface area contributed by atoms with Crippen molar-refractivity contribution in [3.05, 3.63) is 57.3 Å². The predicted molar refractivity (Wildman–Crippen MR) is 90.9 cm³/mol. The molecule has 2 aromatic heterocycles. The number of hydrogen-bond donors (Lipinski definition) is 1. The number of rotatable bonds is 4. The fourth-order valence-corrected chi connectivity index (χ4v) is 2.74. The molecule has 2 heterocycles. The highest BCUT2D eigenvalue weighted by Crippen LogP contribution is 2.33. The van der Waals surface area contributed by atoms with E-state index in [4.69, 9.17) is 21.1 Å². The lowest BCUT2D eigenvalue weighted by atomic mass is 10.1.